The Labute approximate surface area is 175 Å². The van der Waals surface area contributed by atoms with Crippen LogP contribution in [0.25, 0.3) is 10.9 Å². The van der Waals surface area contributed by atoms with Crippen LogP contribution in [0.3, 0.4) is 0 Å². The number of nitrogens with two attached hydrogens (primary N) is 1. The topological polar surface area (TPSA) is 99.1 Å². The average molecular weight is 412 g/mol. The lowest BCUT2D eigenvalue weighted by molar-refractivity contribution is -0.0132. The molecule has 1 aromatic heterocycles. The first-order valence-electron chi connectivity index (χ1n) is 10.9. The maximum atomic E-state index is 12.8. The third-order valence-electron chi connectivity index (χ3n) is 7.31. The predicted molar refractivity (Wildman–Crippen MR) is 113 cm³/mol. The van der Waals surface area contributed by atoms with Gasteiger partial charge in [0.1, 0.15) is 11.2 Å². The molecule has 1 aliphatic heterocycles. The number of benzene rings is 1. The Morgan fingerprint density at radius 2 is 2.13 bits per heavy atom. The Kier molecular flexibility index (Phi) is 4.36. The monoisotopic (exact) mass is 411 g/mol. The van der Waals surface area contributed by atoms with E-state index in [1.807, 2.05) is 17.6 Å². The van der Waals surface area contributed by atoms with Crippen molar-refractivity contribution in [3.05, 3.63) is 35.5 Å². The fraction of sp³-hybridized carbons (Fsp3) is 0.565. The van der Waals surface area contributed by atoms with Gasteiger partial charge in [0.25, 0.3) is 0 Å². The molecule has 3 fully saturated rings. The molecule has 160 valence electrons. The molecule has 7 heteroatoms. The normalized spacial score (nSPS) is 29.9. The number of oxime groups is 1. The van der Waals surface area contributed by atoms with Crippen molar-refractivity contribution in [2.75, 3.05) is 13.2 Å². The summed E-state index contributed by atoms with van der Waals surface area (Å²) in [5.74, 6) is 0.365. The molecule has 2 saturated carbocycles. The van der Waals surface area contributed by atoms with E-state index in [0.717, 1.165) is 43.2 Å². The van der Waals surface area contributed by atoms with Crippen molar-refractivity contribution in [3.8, 4) is 0 Å². The Balaban J connectivity index is 1.61. The number of hydrogen-bond donors (Lipinski definition) is 2. The van der Waals surface area contributed by atoms with E-state index in [1.54, 1.807) is 6.92 Å². The molecule has 3 atom stereocenters. The number of esters is 1. The van der Waals surface area contributed by atoms with E-state index < -0.39 is 5.54 Å². The summed E-state index contributed by atoms with van der Waals surface area (Å²) in [4.78, 5) is 12.8. The molecule has 30 heavy (non-hydrogen) atoms. The van der Waals surface area contributed by atoms with Crippen molar-refractivity contribution in [1.29, 1.82) is 0 Å². The van der Waals surface area contributed by atoms with Gasteiger partial charge in [0.05, 0.1) is 12.2 Å². The van der Waals surface area contributed by atoms with Crippen LogP contribution in [0, 0.1) is 5.92 Å². The second-order valence-corrected chi connectivity index (χ2v) is 9.14. The van der Waals surface area contributed by atoms with Gasteiger partial charge in [-0.15, -0.1) is 0 Å². The van der Waals surface area contributed by atoms with Crippen molar-refractivity contribution in [1.82, 2.24) is 4.57 Å². The smallest absolute Gasteiger partial charge is 0.355 e. The number of hydrogen-bond acceptors (Lipinski definition) is 5. The van der Waals surface area contributed by atoms with E-state index in [2.05, 4.69) is 23.4 Å². The van der Waals surface area contributed by atoms with Crippen LogP contribution in [-0.2, 0) is 15.0 Å². The van der Waals surface area contributed by atoms with E-state index in [4.69, 9.17) is 15.2 Å². The van der Waals surface area contributed by atoms with Gasteiger partial charge in [0.15, 0.2) is 5.84 Å². The van der Waals surface area contributed by atoms with Gasteiger partial charge < -0.3 is 25.0 Å². The third kappa shape index (κ3) is 2.82. The second kappa shape index (κ2) is 6.74. The molecule has 0 unspecified atom stereocenters. The van der Waals surface area contributed by atoms with E-state index in [-0.39, 0.29) is 23.3 Å². The lowest BCUT2D eigenvalue weighted by Gasteiger charge is -2.30. The molecule has 1 aromatic carbocycles. The molecule has 0 bridgehead atoms. The van der Waals surface area contributed by atoms with E-state index in [9.17, 15) is 10.0 Å². The highest BCUT2D eigenvalue weighted by molar-refractivity contribution is 6.00. The number of amidine groups is 1. The van der Waals surface area contributed by atoms with Gasteiger partial charge in [-0.1, -0.05) is 18.1 Å². The van der Waals surface area contributed by atoms with Crippen LogP contribution in [0.15, 0.2) is 29.4 Å². The highest BCUT2D eigenvalue weighted by Crippen LogP contribution is 2.53. The molecular weight excluding hydrogens is 382 g/mol. The number of carbonyl (C=O) groups is 1. The van der Waals surface area contributed by atoms with Gasteiger partial charge >= 0.3 is 5.97 Å². The standard InChI is InChI=1S/C23H29N3O4/c1-3-29-20(27)19-11-17-10-15(16-6-9-30-22(13-16)7-8-22)4-5-18(17)26(19)23(12-14(23)2)21(24)25-28/h4-5,10-11,14,16,28H,3,6-9,12-13H2,1-2H3,(H2,24,25)/t14-,16+,23+/m0/s1. The zero-order valence-electron chi connectivity index (χ0n) is 17.6. The van der Waals surface area contributed by atoms with Crippen molar-refractivity contribution in [3.63, 3.8) is 0 Å². The molecular formula is C23H29N3O4. The van der Waals surface area contributed by atoms with Crippen LogP contribution in [0.4, 0.5) is 0 Å². The fourth-order valence-corrected chi connectivity index (χ4v) is 5.35. The van der Waals surface area contributed by atoms with Crippen molar-refractivity contribution in [2.45, 2.75) is 63.0 Å². The van der Waals surface area contributed by atoms with E-state index >= 15 is 0 Å². The molecule has 5 rings (SSSR count). The maximum absolute atomic E-state index is 12.8. The Bertz CT molecular complexity index is 1040. The van der Waals surface area contributed by atoms with Crippen molar-refractivity contribution < 1.29 is 19.5 Å². The number of fused-ring (bicyclic) bond motifs is 1. The average Bonchev–Trinajstić information content (AvgIpc) is 3.61. The number of nitrogens with zero attached hydrogens (tertiary/aromatic N) is 2. The summed E-state index contributed by atoms with van der Waals surface area (Å²) in [7, 11) is 0. The maximum Gasteiger partial charge on any atom is 0.355 e. The summed E-state index contributed by atoms with van der Waals surface area (Å²) in [6.07, 6.45) is 5.12. The summed E-state index contributed by atoms with van der Waals surface area (Å²) in [6, 6.07) is 8.31. The number of rotatable bonds is 5. The molecule has 2 heterocycles. The van der Waals surface area contributed by atoms with Gasteiger partial charge in [-0.25, -0.2) is 4.79 Å². The lowest BCUT2D eigenvalue weighted by atomic mass is 9.87. The zero-order valence-corrected chi connectivity index (χ0v) is 17.6. The number of ether oxygens (including phenoxy) is 2. The number of aromatic nitrogens is 1. The second-order valence-electron chi connectivity index (χ2n) is 9.14. The molecule has 0 radical (unpaired) electrons. The Morgan fingerprint density at radius 1 is 1.37 bits per heavy atom. The molecule has 7 nitrogen and oxygen atoms in total. The fourth-order valence-electron chi connectivity index (χ4n) is 5.35. The van der Waals surface area contributed by atoms with Gasteiger partial charge in [-0.05, 0) is 74.6 Å². The highest BCUT2D eigenvalue weighted by Gasteiger charge is 2.58. The highest BCUT2D eigenvalue weighted by atomic mass is 16.5. The minimum atomic E-state index is -0.698. The van der Waals surface area contributed by atoms with Crippen LogP contribution in [0.1, 0.15) is 67.9 Å². The molecule has 2 aliphatic carbocycles. The van der Waals surface area contributed by atoms with Gasteiger partial charge in [0.2, 0.25) is 0 Å². The first kappa shape index (κ1) is 19.4. The largest absolute Gasteiger partial charge is 0.461 e. The predicted octanol–water partition coefficient (Wildman–Crippen LogP) is 3.73. The van der Waals surface area contributed by atoms with Gasteiger partial charge in [-0.3, -0.25) is 0 Å². The quantitative estimate of drug-likeness (QED) is 0.257. The third-order valence-corrected chi connectivity index (χ3v) is 7.31. The molecule has 3 aliphatic rings. The lowest BCUT2D eigenvalue weighted by Crippen LogP contribution is -2.38. The Morgan fingerprint density at radius 3 is 2.77 bits per heavy atom. The summed E-state index contributed by atoms with van der Waals surface area (Å²) >= 11 is 0. The zero-order chi connectivity index (χ0) is 21.1. The SMILES string of the molecule is CCOC(=O)c1cc2cc([C@@H]3CCOC4(CC4)C3)ccc2n1[C@]1(C(N)=NO)C[C@@H]1C. The molecule has 0 amide bonds. The van der Waals surface area contributed by atoms with Crippen LogP contribution in [0.2, 0.25) is 0 Å². The summed E-state index contributed by atoms with van der Waals surface area (Å²) < 4.78 is 13.2. The van der Waals surface area contributed by atoms with Crippen LogP contribution >= 0.6 is 0 Å². The molecule has 2 aromatic rings. The van der Waals surface area contributed by atoms with Crippen LogP contribution in [0.5, 0.6) is 0 Å². The minimum Gasteiger partial charge on any atom is -0.461 e. The molecule has 1 saturated heterocycles. The Hall–Kier alpha value is -2.54. The van der Waals surface area contributed by atoms with Crippen LogP contribution in [-0.4, -0.2) is 40.4 Å². The van der Waals surface area contributed by atoms with Gasteiger partial charge in [-0.2, -0.15) is 0 Å². The summed E-state index contributed by atoms with van der Waals surface area (Å²) in [5.41, 5.74) is 8.18. The first-order valence-corrected chi connectivity index (χ1v) is 10.9. The summed E-state index contributed by atoms with van der Waals surface area (Å²) in [6.45, 7) is 4.94. The first-order chi connectivity index (χ1) is 14.4. The van der Waals surface area contributed by atoms with Gasteiger partial charge in [0, 0.05) is 17.5 Å². The number of carbonyl (C=O) groups excluding carboxylic acids is 1. The molecule has 3 N–H and O–H groups in total. The van der Waals surface area contributed by atoms with E-state index in [0.29, 0.717) is 24.6 Å². The minimum absolute atomic E-state index is 0.111. The van der Waals surface area contributed by atoms with Crippen molar-refractivity contribution in [2.24, 2.45) is 16.8 Å². The summed E-state index contributed by atoms with van der Waals surface area (Å²) in [5, 5.41) is 13.7. The van der Waals surface area contributed by atoms with E-state index in [1.165, 1.54) is 5.56 Å². The van der Waals surface area contributed by atoms with Crippen molar-refractivity contribution >= 4 is 22.7 Å². The molecule has 1 spiro atoms. The van der Waals surface area contributed by atoms with Crippen LogP contribution < -0.4 is 5.73 Å².